The lowest BCUT2D eigenvalue weighted by Crippen LogP contribution is -1.92. The number of benzene rings is 6. The second-order valence-electron chi connectivity index (χ2n) is 10.2. The largest absolute Gasteiger partial charge is 0.309 e. The maximum atomic E-state index is 2.42. The van der Waals surface area contributed by atoms with Crippen LogP contribution in [0, 0.1) is 0 Å². The predicted octanol–water partition coefficient (Wildman–Crippen LogP) is 11.2. The van der Waals surface area contributed by atoms with Crippen LogP contribution in [-0.2, 0) is 0 Å². The summed E-state index contributed by atoms with van der Waals surface area (Å²) in [5, 5.41) is 7.96. The maximum absolute atomic E-state index is 2.42. The van der Waals surface area contributed by atoms with Crippen LogP contribution in [-0.4, -0.2) is 4.57 Å². The van der Waals surface area contributed by atoms with Gasteiger partial charge < -0.3 is 4.57 Å². The van der Waals surface area contributed by atoms with E-state index in [1.807, 2.05) is 22.7 Å². The first kappa shape index (κ1) is 21.5. The molecule has 6 aromatic carbocycles. The fraction of sp³-hybridized carbons (Fsp3) is 0. The third kappa shape index (κ3) is 3.12. The minimum Gasteiger partial charge on any atom is -0.309 e. The van der Waals surface area contributed by atoms with Crippen molar-refractivity contribution < 1.29 is 0 Å². The Balaban J connectivity index is 1.29. The van der Waals surface area contributed by atoms with Crippen LogP contribution in [0.25, 0.3) is 79.0 Å². The zero-order valence-electron chi connectivity index (χ0n) is 20.9. The molecule has 0 N–H and O–H groups in total. The summed E-state index contributed by atoms with van der Waals surface area (Å²) in [6, 6.07) is 46.9. The van der Waals surface area contributed by atoms with Crippen molar-refractivity contribution in [2.75, 3.05) is 0 Å². The van der Waals surface area contributed by atoms with Crippen molar-refractivity contribution in [1.29, 1.82) is 0 Å². The molecule has 0 unspecified atom stereocenters. The summed E-state index contributed by atoms with van der Waals surface area (Å²) in [7, 11) is 0. The first-order valence-corrected chi connectivity index (χ1v) is 14.8. The van der Waals surface area contributed by atoms with Crippen molar-refractivity contribution >= 4 is 84.8 Å². The van der Waals surface area contributed by atoms with Gasteiger partial charge in [-0.15, -0.1) is 22.7 Å². The molecular formula is C36H21NS2. The molecule has 0 aliphatic carbocycles. The van der Waals surface area contributed by atoms with Crippen LogP contribution in [0.15, 0.2) is 127 Å². The molecule has 0 atom stereocenters. The minimum atomic E-state index is 1.20. The Morgan fingerprint density at radius 1 is 0.359 bits per heavy atom. The SMILES string of the molecule is c1ccc(-n2c3ccccc3c3cc4c(cc32)sc2ccc(-c3ccc5sc6ccccc6c5c3)cc24)cc1. The Labute approximate surface area is 232 Å². The van der Waals surface area contributed by atoms with E-state index in [1.54, 1.807) is 0 Å². The molecule has 0 spiro atoms. The third-order valence-electron chi connectivity index (χ3n) is 7.99. The summed E-state index contributed by atoms with van der Waals surface area (Å²) in [6.07, 6.45) is 0. The molecule has 0 radical (unpaired) electrons. The molecule has 39 heavy (non-hydrogen) atoms. The average molecular weight is 532 g/mol. The van der Waals surface area contributed by atoms with Crippen molar-refractivity contribution in [1.82, 2.24) is 4.57 Å². The van der Waals surface area contributed by atoms with Crippen LogP contribution < -0.4 is 0 Å². The lowest BCUT2D eigenvalue weighted by atomic mass is 10.0. The quantitative estimate of drug-likeness (QED) is 0.209. The summed E-state index contributed by atoms with van der Waals surface area (Å²) in [5.74, 6) is 0. The first-order valence-electron chi connectivity index (χ1n) is 13.2. The standard InChI is InChI=1S/C36H21NS2/c1-2-8-24(9-3-1)37-31-12-6-4-10-25(31)27-20-30-29-19-23(15-17-35(29)39-36(30)21-32(27)37)22-14-16-34-28(18-22)26-11-5-7-13-33(26)38-34/h1-21H. The van der Waals surface area contributed by atoms with E-state index in [0.717, 1.165) is 0 Å². The molecule has 182 valence electrons. The number of nitrogens with zero attached hydrogens (tertiary/aromatic N) is 1. The smallest absolute Gasteiger partial charge is 0.0555 e. The molecule has 3 heteroatoms. The van der Waals surface area contributed by atoms with E-state index in [4.69, 9.17) is 0 Å². The second-order valence-corrected chi connectivity index (χ2v) is 12.3. The molecule has 0 amide bonds. The molecule has 0 fully saturated rings. The average Bonchev–Trinajstić information content (AvgIpc) is 3.64. The molecule has 3 heterocycles. The van der Waals surface area contributed by atoms with Crippen LogP contribution in [0.4, 0.5) is 0 Å². The number of thiophene rings is 2. The fourth-order valence-corrected chi connectivity index (χ4v) is 8.37. The Morgan fingerprint density at radius 2 is 0.949 bits per heavy atom. The van der Waals surface area contributed by atoms with Crippen molar-refractivity contribution in [3.8, 4) is 16.8 Å². The third-order valence-corrected chi connectivity index (χ3v) is 10.3. The van der Waals surface area contributed by atoms with Gasteiger partial charge in [-0.05, 0) is 71.8 Å². The zero-order chi connectivity index (χ0) is 25.5. The van der Waals surface area contributed by atoms with Crippen LogP contribution >= 0.6 is 22.7 Å². The number of para-hydroxylation sites is 2. The number of aromatic nitrogens is 1. The van der Waals surface area contributed by atoms with E-state index in [2.05, 4.69) is 132 Å². The van der Waals surface area contributed by atoms with Crippen molar-refractivity contribution in [2.24, 2.45) is 0 Å². The first-order chi connectivity index (χ1) is 19.3. The molecule has 3 aromatic heterocycles. The highest BCUT2D eigenvalue weighted by atomic mass is 32.1. The molecule has 0 saturated heterocycles. The highest BCUT2D eigenvalue weighted by molar-refractivity contribution is 7.26. The molecular weight excluding hydrogens is 511 g/mol. The van der Waals surface area contributed by atoms with Gasteiger partial charge in [0.2, 0.25) is 0 Å². The Kier molecular flexibility index (Phi) is 4.43. The second kappa shape index (κ2) is 8.03. The van der Waals surface area contributed by atoms with Gasteiger partial charge in [0.05, 0.1) is 11.0 Å². The van der Waals surface area contributed by atoms with Gasteiger partial charge in [0.25, 0.3) is 0 Å². The van der Waals surface area contributed by atoms with Gasteiger partial charge in [0.1, 0.15) is 0 Å². The number of hydrogen-bond acceptors (Lipinski definition) is 2. The zero-order valence-corrected chi connectivity index (χ0v) is 22.5. The lowest BCUT2D eigenvalue weighted by molar-refractivity contribution is 1.18. The van der Waals surface area contributed by atoms with Gasteiger partial charge in [0.15, 0.2) is 0 Å². The van der Waals surface area contributed by atoms with Gasteiger partial charge in [0, 0.05) is 56.8 Å². The van der Waals surface area contributed by atoms with Gasteiger partial charge in [-0.3, -0.25) is 0 Å². The van der Waals surface area contributed by atoms with E-state index in [9.17, 15) is 0 Å². The summed E-state index contributed by atoms with van der Waals surface area (Å²) in [5.41, 5.74) is 6.25. The predicted molar refractivity (Wildman–Crippen MR) is 172 cm³/mol. The lowest BCUT2D eigenvalue weighted by Gasteiger charge is -2.07. The number of hydrogen-bond donors (Lipinski definition) is 0. The van der Waals surface area contributed by atoms with E-state index >= 15 is 0 Å². The Hall–Kier alpha value is -4.44. The van der Waals surface area contributed by atoms with Crippen molar-refractivity contribution in [3.05, 3.63) is 127 Å². The monoisotopic (exact) mass is 531 g/mol. The number of rotatable bonds is 2. The topological polar surface area (TPSA) is 4.93 Å². The van der Waals surface area contributed by atoms with Crippen LogP contribution in [0.1, 0.15) is 0 Å². The Morgan fingerprint density at radius 3 is 1.74 bits per heavy atom. The van der Waals surface area contributed by atoms with E-state index in [-0.39, 0.29) is 0 Å². The minimum absolute atomic E-state index is 1.20. The van der Waals surface area contributed by atoms with E-state index in [0.29, 0.717) is 0 Å². The highest BCUT2D eigenvalue weighted by Gasteiger charge is 2.16. The molecule has 1 nitrogen and oxygen atoms in total. The van der Waals surface area contributed by atoms with Gasteiger partial charge in [-0.1, -0.05) is 66.7 Å². The normalized spacial score (nSPS) is 12.1. The van der Waals surface area contributed by atoms with Gasteiger partial charge in [-0.2, -0.15) is 0 Å². The van der Waals surface area contributed by atoms with Crippen LogP contribution in [0.3, 0.4) is 0 Å². The summed E-state index contributed by atoms with van der Waals surface area (Å²) in [4.78, 5) is 0. The molecule has 0 saturated carbocycles. The Bertz CT molecular complexity index is 2390. The maximum Gasteiger partial charge on any atom is 0.0555 e. The van der Waals surface area contributed by atoms with Crippen molar-refractivity contribution in [3.63, 3.8) is 0 Å². The molecule has 9 rings (SSSR count). The van der Waals surface area contributed by atoms with Crippen LogP contribution in [0.2, 0.25) is 0 Å². The molecule has 9 aromatic rings. The summed E-state index contributed by atoms with van der Waals surface area (Å²) >= 11 is 3.76. The van der Waals surface area contributed by atoms with Crippen molar-refractivity contribution in [2.45, 2.75) is 0 Å². The molecule has 0 aliphatic rings. The highest BCUT2D eigenvalue weighted by Crippen LogP contribution is 2.42. The van der Waals surface area contributed by atoms with E-state index in [1.165, 1.54) is 79.0 Å². The van der Waals surface area contributed by atoms with Crippen LogP contribution in [0.5, 0.6) is 0 Å². The summed E-state index contributed by atoms with van der Waals surface area (Å²) in [6.45, 7) is 0. The fourth-order valence-electron chi connectivity index (χ4n) is 6.18. The van der Waals surface area contributed by atoms with E-state index < -0.39 is 0 Å². The number of fused-ring (bicyclic) bond motifs is 9. The van der Waals surface area contributed by atoms with Gasteiger partial charge >= 0.3 is 0 Å². The van der Waals surface area contributed by atoms with Gasteiger partial charge in [-0.25, -0.2) is 0 Å². The molecule has 0 bridgehead atoms. The summed E-state index contributed by atoms with van der Waals surface area (Å²) < 4.78 is 7.76. The molecule has 0 aliphatic heterocycles.